The normalized spacial score (nSPS) is 31.5. The molecule has 0 heteroatoms. The van der Waals surface area contributed by atoms with E-state index in [4.69, 9.17) is 0 Å². The van der Waals surface area contributed by atoms with Crippen LogP contribution in [0.4, 0.5) is 0 Å². The van der Waals surface area contributed by atoms with Gasteiger partial charge in [-0.25, -0.2) is 0 Å². The van der Waals surface area contributed by atoms with Crippen LogP contribution in [0.3, 0.4) is 0 Å². The number of rotatable bonds is 20. The zero-order chi connectivity index (χ0) is 45.1. The summed E-state index contributed by atoms with van der Waals surface area (Å²) in [4.78, 5) is 0. The molecule has 0 heterocycles. The van der Waals surface area contributed by atoms with E-state index in [0.29, 0.717) is 21.7 Å². The molecule has 8 fully saturated rings. The Kier molecular flexibility index (Phi) is 20.4. The van der Waals surface area contributed by atoms with E-state index in [0.717, 1.165) is 58.2 Å². The molecule has 0 aromatic carbocycles. The highest BCUT2D eigenvalue weighted by Gasteiger charge is 2.57. The van der Waals surface area contributed by atoms with Crippen molar-refractivity contribution in [1.29, 1.82) is 0 Å². The van der Waals surface area contributed by atoms with Crippen LogP contribution in [0.1, 0.15) is 314 Å². The predicted molar refractivity (Wildman–Crippen MR) is 277 cm³/mol. The van der Waals surface area contributed by atoms with Gasteiger partial charge in [0.2, 0.25) is 0 Å². The molecular weight excluding hydrogens is 745 g/mol. The Morgan fingerprint density at radius 2 is 0.694 bits per heavy atom. The number of fused-ring (bicyclic) bond motifs is 2. The van der Waals surface area contributed by atoms with Crippen molar-refractivity contribution < 1.29 is 0 Å². The maximum absolute atomic E-state index is 2.60. The summed E-state index contributed by atoms with van der Waals surface area (Å²) in [5, 5.41) is 0. The molecule has 0 saturated heterocycles. The molecule has 8 rings (SSSR count). The van der Waals surface area contributed by atoms with Crippen LogP contribution in [0.25, 0.3) is 0 Å². The summed E-state index contributed by atoms with van der Waals surface area (Å²) in [6.07, 6.45) is 53.7. The van der Waals surface area contributed by atoms with Gasteiger partial charge in [0.15, 0.2) is 0 Å². The van der Waals surface area contributed by atoms with Crippen molar-refractivity contribution in [2.24, 2.45) is 79.8 Å². The quantitative estimate of drug-likeness (QED) is 0.114. The zero-order valence-corrected chi connectivity index (χ0v) is 45.1. The first-order valence-corrected chi connectivity index (χ1v) is 29.8. The third kappa shape index (κ3) is 11.6. The molecule has 62 heavy (non-hydrogen) atoms. The molecule has 364 valence electrons. The summed E-state index contributed by atoms with van der Waals surface area (Å²) in [6.45, 7) is 29.3. The van der Waals surface area contributed by atoms with Gasteiger partial charge in [-0.2, -0.15) is 0 Å². The van der Waals surface area contributed by atoms with E-state index in [1.165, 1.54) is 154 Å². The van der Waals surface area contributed by atoms with Gasteiger partial charge in [-0.1, -0.05) is 179 Å². The molecule has 8 aliphatic rings. The summed E-state index contributed by atoms with van der Waals surface area (Å²) < 4.78 is 0. The van der Waals surface area contributed by atoms with Crippen LogP contribution in [-0.4, -0.2) is 0 Å². The first-order valence-electron chi connectivity index (χ1n) is 29.8. The summed E-state index contributed by atoms with van der Waals surface area (Å²) in [7, 11) is 0. The molecule has 0 radical (unpaired) electrons. The molecule has 8 unspecified atom stereocenters. The Hall–Kier alpha value is 0. The Bertz CT molecular complexity index is 1190. The van der Waals surface area contributed by atoms with Gasteiger partial charge in [-0.15, -0.1) is 0 Å². The molecule has 0 N–H and O–H groups in total. The van der Waals surface area contributed by atoms with E-state index in [1.54, 1.807) is 77.0 Å². The second-order valence-electron chi connectivity index (χ2n) is 26.3. The lowest BCUT2D eigenvalue weighted by atomic mass is 9.43. The van der Waals surface area contributed by atoms with E-state index in [1.807, 2.05) is 0 Å². The van der Waals surface area contributed by atoms with Gasteiger partial charge in [-0.05, 0) is 215 Å². The Morgan fingerprint density at radius 3 is 1.03 bits per heavy atom. The Labute approximate surface area is 392 Å². The van der Waals surface area contributed by atoms with Crippen LogP contribution in [0, 0.1) is 79.8 Å². The third-order valence-electron chi connectivity index (χ3n) is 22.2. The van der Waals surface area contributed by atoms with E-state index in [-0.39, 0.29) is 0 Å². The first-order chi connectivity index (χ1) is 29.8. The highest BCUT2D eigenvalue weighted by Crippen LogP contribution is 2.67. The van der Waals surface area contributed by atoms with E-state index >= 15 is 0 Å². The van der Waals surface area contributed by atoms with Crippen LogP contribution in [0.5, 0.6) is 0 Å². The monoisotopic (exact) mass is 861 g/mol. The molecule has 0 aliphatic heterocycles. The van der Waals surface area contributed by atoms with E-state index in [2.05, 4.69) is 83.1 Å². The van der Waals surface area contributed by atoms with E-state index < -0.39 is 0 Å². The lowest BCUT2D eigenvalue weighted by molar-refractivity contribution is -0.122. The molecule has 8 atom stereocenters. The van der Waals surface area contributed by atoms with Crippen LogP contribution < -0.4 is 0 Å². The fourth-order valence-corrected chi connectivity index (χ4v) is 19.1. The highest BCUT2D eigenvalue weighted by molar-refractivity contribution is 5.07. The smallest absolute Gasteiger partial charge is 0.0264 e. The van der Waals surface area contributed by atoms with Gasteiger partial charge in [0.25, 0.3) is 0 Å². The fraction of sp³-hybridized carbons (Fsp3) is 1.00. The second kappa shape index (κ2) is 23.8. The Morgan fingerprint density at radius 1 is 0.323 bits per heavy atom. The Balaban J connectivity index is 0.000000156. The van der Waals surface area contributed by atoms with Crippen molar-refractivity contribution in [3.05, 3.63) is 0 Å². The molecule has 0 amide bonds. The average molecular weight is 862 g/mol. The number of hydrogen-bond donors (Lipinski definition) is 0. The summed E-state index contributed by atoms with van der Waals surface area (Å²) in [5.41, 5.74) is 4.38. The minimum absolute atomic E-state index is 0.673. The minimum atomic E-state index is 0.673. The predicted octanol–water partition coefficient (Wildman–Crippen LogP) is 21.2. The molecule has 0 aromatic heterocycles. The van der Waals surface area contributed by atoms with Crippen molar-refractivity contribution in [2.75, 3.05) is 0 Å². The van der Waals surface area contributed by atoms with Gasteiger partial charge >= 0.3 is 0 Å². The molecule has 8 saturated carbocycles. The SMILES string of the molecule is CCCC(C)(CCC)C1CC2CCCC21.CCCC(C)(CCC)C1CCC12CCC2.CCCC(C)(CCC)C1CCC12CCCC2.CCCC(C)(CCC)C1CCCC2CCC21. The van der Waals surface area contributed by atoms with Crippen molar-refractivity contribution >= 4 is 0 Å². The van der Waals surface area contributed by atoms with Gasteiger partial charge in [0, 0.05) is 0 Å². The maximum atomic E-state index is 2.60. The van der Waals surface area contributed by atoms with Crippen molar-refractivity contribution in [3.8, 4) is 0 Å². The van der Waals surface area contributed by atoms with Gasteiger partial charge < -0.3 is 0 Å². The molecule has 0 nitrogen and oxygen atoms in total. The summed E-state index contributed by atoms with van der Waals surface area (Å²) >= 11 is 0. The molecule has 0 aromatic rings. The largest absolute Gasteiger partial charge is 0.0654 e. The minimum Gasteiger partial charge on any atom is -0.0654 e. The second-order valence-corrected chi connectivity index (χ2v) is 26.3. The first kappa shape index (κ1) is 53.0. The summed E-state index contributed by atoms with van der Waals surface area (Å²) in [6, 6.07) is 0. The highest BCUT2D eigenvalue weighted by atomic mass is 14.6. The van der Waals surface area contributed by atoms with Crippen molar-refractivity contribution in [3.63, 3.8) is 0 Å². The van der Waals surface area contributed by atoms with Crippen molar-refractivity contribution in [2.45, 2.75) is 314 Å². The van der Waals surface area contributed by atoms with Crippen LogP contribution >= 0.6 is 0 Å². The van der Waals surface area contributed by atoms with Gasteiger partial charge in [0.1, 0.15) is 0 Å². The lowest BCUT2D eigenvalue weighted by Crippen LogP contribution is -2.52. The summed E-state index contributed by atoms with van der Waals surface area (Å²) in [5.74, 6) is 8.84. The lowest BCUT2D eigenvalue weighted by Gasteiger charge is -2.62. The molecule has 0 bridgehead atoms. The van der Waals surface area contributed by atoms with Gasteiger partial charge in [-0.3, -0.25) is 0 Å². The zero-order valence-electron chi connectivity index (χ0n) is 45.1. The maximum Gasteiger partial charge on any atom is -0.0264 e. The fourth-order valence-electron chi connectivity index (χ4n) is 19.1. The van der Waals surface area contributed by atoms with Crippen LogP contribution in [-0.2, 0) is 0 Å². The topological polar surface area (TPSA) is 0 Å². The third-order valence-corrected chi connectivity index (χ3v) is 22.2. The molecule has 8 aliphatic carbocycles. The molecular formula is C62H116. The number of hydrogen-bond acceptors (Lipinski definition) is 0. The molecule has 2 spiro atoms. The average Bonchev–Trinajstić information content (AvgIpc) is 3.81. The standard InChI is InChI=1S/2C16H30.2C15H28/c1-4-9-15(3,10-5-2)14-8-13-16(14)11-6-7-12-16;1-4-11-16(3,12-5-2)15-8-6-7-13-9-10-14(13)15;1-4-8-14(3,9-5-2)13-7-12-15(13)10-6-11-15;1-4-9-15(3,10-5-2)14-11-12-7-6-8-13(12)14/h14H,4-13H2,1-3H3;13-15H,4-12H2,1-3H3;13H,4-12H2,1-3H3;12-14H,4-11H2,1-3H3. The van der Waals surface area contributed by atoms with Crippen LogP contribution in [0.2, 0.25) is 0 Å². The van der Waals surface area contributed by atoms with Gasteiger partial charge in [0.05, 0.1) is 0 Å². The van der Waals surface area contributed by atoms with E-state index in [9.17, 15) is 0 Å². The van der Waals surface area contributed by atoms with Crippen LogP contribution in [0.15, 0.2) is 0 Å². The van der Waals surface area contributed by atoms with Crippen molar-refractivity contribution in [1.82, 2.24) is 0 Å².